The monoisotopic (exact) mass is 301 g/mol. The first-order valence-electron chi connectivity index (χ1n) is 6.63. The molecule has 1 aliphatic carbocycles. The molecule has 19 heavy (non-hydrogen) atoms. The van der Waals surface area contributed by atoms with Crippen LogP contribution in [0.25, 0.3) is 0 Å². The molecule has 0 aromatic carbocycles. The van der Waals surface area contributed by atoms with Gasteiger partial charge in [-0.2, -0.15) is 16.9 Å². The Hall–Kier alpha value is -0.680. The topological polar surface area (TPSA) is 46.9 Å². The summed E-state index contributed by atoms with van der Waals surface area (Å²) in [5, 5.41) is 7.75. The molecule has 0 amide bonds. The van der Waals surface area contributed by atoms with E-state index >= 15 is 0 Å². The fourth-order valence-electron chi connectivity index (χ4n) is 2.19. The van der Waals surface area contributed by atoms with Gasteiger partial charge in [-0.15, -0.1) is 0 Å². The molecule has 0 spiro atoms. The fourth-order valence-corrected chi connectivity index (χ4v) is 2.95. The second kappa shape index (κ2) is 6.66. The Morgan fingerprint density at radius 3 is 2.95 bits per heavy atom. The molecule has 4 nitrogen and oxygen atoms in total. The number of thioether (sulfide) groups is 1. The number of rotatable bonds is 6. The highest BCUT2D eigenvalue weighted by Crippen LogP contribution is 2.27. The lowest BCUT2D eigenvalue weighted by Gasteiger charge is -2.25. The summed E-state index contributed by atoms with van der Waals surface area (Å²) in [6.07, 6.45) is 7.27. The molecule has 1 aliphatic rings. The summed E-state index contributed by atoms with van der Waals surface area (Å²) in [6, 6.07) is 0.208. The van der Waals surface area contributed by atoms with Gasteiger partial charge in [0, 0.05) is 18.3 Å². The van der Waals surface area contributed by atoms with Gasteiger partial charge in [-0.25, -0.2) is 4.68 Å². The van der Waals surface area contributed by atoms with Crippen LogP contribution in [0.2, 0.25) is 5.02 Å². The number of anilines is 1. The Morgan fingerprint density at radius 2 is 2.37 bits per heavy atom. The van der Waals surface area contributed by atoms with Crippen molar-refractivity contribution in [2.45, 2.75) is 38.8 Å². The van der Waals surface area contributed by atoms with Crippen LogP contribution in [-0.4, -0.2) is 27.8 Å². The standard InChI is InChI=1S/C13H20ClN3OS/c1-9(8-19-2)16-12-11(14)6-15-17(13(12)18)7-10-4-3-5-10/h6,9-10,16H,3-5,7-8H2,1-2H3. The van der Waals surface area contributed by atoms with Crippen molar-refractivity contribution in [3.05, 3.63) is 21.6 Å². The first-order chi connectivity index (χ1) is 9.11. The molecule has 6 heteroatoms. The molecule has 1 fully saturated rings. The zero-order chi connectivity index (χ0) is 13.8. The Bertz CT molecular complexity index is 487. The second-order valence-electron chi connectivity index (χ2n) is 5.15. The largest absolute Gasteiger partial charge is 0.376 e. The highest BCUT2D eigenvalue weighted by atomic mass is 35.5. The number of hydrogen-bond donors (Lipinski definition) is 1. The minimum Gasteiger partial charge on any atom is -0.376 e. The Balaban J connectivity index is 2.16. The van der Waals surface area contributed by atoms with Crippen molar-refractivity contribution in [1.82, 2.24) is 9.78 Å². The average Bonchev–Trinajstić information content (AvgIpc) is 2.32. The highest BCUT2D eigenvalue weighted by Gasteiger charge is 2.20. The van der Waals surface area contributed by atoms with Crippen LogP contribution in [0.4, 0.5) is 5.69 Å². The lowest BCUT2D eigenvalue weighted by Crippen LogP contribution is -2.32. The smallest absolute Gasteiger partial charge is 0.291 e. The minimum absolute atomic E-state index is 0.104. The van der Waals surface area contributed by atoms with Gasteiger partial charge in [0.05, 0.1) is 11.2 Å². The van der Waals surface area contributed by atoms with E-state index in [1.54, 1.807) is 22.6 Å². The van der Waals surface area contributed by atoms with Crippen molar-refractivity contribution < 1.29 is 0 Å². The van der Waals surface area contributed by atoms with Gasteiger partial charge >= 0.3 is 0 Å². The van der Waals surface area contributed by atoms with Crippen molar-refractivity contribution in [3.8, 4) is 0 Å². The summed E-state index contributed by atoms with van der Waals surface area (Å²) in [7, 11) is 0. The number of nitrogens with zero attached hydrogens (tertiary/aromatic N) is 2. The number of nitrogens with one attached hydrogen (secondary N) is 1. The Kier molecular flexibility index (Phi) is 5.16. The molecule has 2 rings (SSSR count). The summed E-state index contributed by atoms with van der Waals surface area (Å²) >= 11 is 7.82. The van der Waals surface area contributed by atoms with Crippen molar-refractivity contribution in [3.63, 3.8) is 0 Å². The van der Waals surface area contributed by atoms with E-state index in [0.29, 0.717) is 23.2 Å². The molecule has 1 heterocycles. The average molecular weight is 302 g/mol. The zero-order valence-corrected chi connectivity index (χ0v) is 12.9. The van der Waals surface area contributed by atoms with Crippen LogP contribution in [0.5, 0.6) is 0 Å². The van der Waals surface area contributed by atoms with Gasteiger partial charge in [0.25, 0.3) is 5.56 Å². The molecule has 106 valence electrons. The summed E-state index contributed by atoms with van der Waals surface area (Å²) in [4.78, 5) is 12.4. The molecule has 0 bridgehead atoms. The van der Waals surface area contributed by atoms with Crippen LogP contribution < -0.4 is 10.9 Å². The van der Waals surface area contributed by atoms with E-state index in [2.05, 4.69) is 10.4 Å². The minimum atomic E-state index is -0.104. The van der Waals surface area contributed by atoms with Crippen LogP contribution in [0.1, 0.15) is 26.2 Å². The Morgan fingerprint density at radius 1 is 1.63 bits per heavy atom. The van der Waals surface area contributed by atoms with Crippen LogP contribution in [-0.2, 0) is 6.54 Å². The van der Waals surface area contributed by atoms with Crippen molar-refractivity contribution in [1.29, 1.82) is 0 Å². The third kappa shape index (κ3) is 3.66. The predicted molar refractivity (Wildman–Crippen MR) is 82.3 cm³/mol. The van der Waals surface area contributed by atoms with Crippen LogP contribution in [0.3, 0.4) is 0 Å². The van der Waals surface area contributed by atoms with Crippen molar-refractivity contribution in [2.24, 2.45) is 5.92 Å². The SMILES string of the molecule is CSCC(C)Nc1c(Cl)cnn(CC2CCC2)c1=O. The van der Waals surface area contributed by atoms with Gasteiger partial charge in [0.1, 0.15) is 5.69 Å². The van der Waals surface area contributed by atoms with E-state index in [1.807, 2.05) is 13.2 Å². The predicted octanol–water partition coefficient (Wildman–Crippen LogP) is 2.86. The molecule has 1 aromatic rings. The molecule has 1 unspecified atom stereocenters. The lowest BCUT2D eigenvalue weighted by atomic mass is 9.85. The summed E-state index contributed by atoms with van der Waals surface area (Å²) in [5.41, 5.74) is 0.380. The quantitative estimate of drug-likeness (QED) is 0.877. The van der Waals surface area contributed by atoms with Gasteiger partial charge < -0.3 is 5.32 Å². The fraction of sp³-hybridized carbons (Fsp3) is 0.692. The van der Waals surface area contributed by atoms with Gasteiger partial charge in [0.15, 0.2) is 0 Å². The zero-order valence-electron chi connectivity index (χ0n) is 11.4. The van der Waals surface area contributed by atoms with E-state index in [4.69, 9.17) is 11.6 Å². The normalized spacial score (nSPS) is 17.0. The van der Waals surface area contributed by atoms with Gasteiger partial charge in [-0.05, 0) is 31.9 Å². The van der Waals surface area contributed by atoms with Gasteiger partial charge in [-0.3, -0.25) is 4.79 Å². The molecule has 1 saturated carbocycles. The molecule has 0 radical (unpaired) electrons. The maximum Gasteiger partial charge on any atom is 0.291 e. The number of aromatic nitrogens is 2. The molecule has 1 aromatic heterocycles. The summed E-state index contributed by atoms with van der Waals surface area (Å²) in [6.45, 7) is 2.75. The second-order valence-corrected chi connectivity index (χ2v) is 6.47. The van der Waals surface area contributed by atoms with Gasteiger partial charge in [-0.1, -0.05) is 18.0 Å². The first-order valence-corrected chi connectivity index (χ1v) is 8.40. The molecule has 0 saturated heterocycles. The lowest BCUT2D eigenvalue weighted by molar-refractivity contribution is 0.262. The van der Waals surface area contributed by atoms with Crippen LogP contribution in [0.15, 0.2) is 11.0 Å². The molecule has 1 N–H and O–H groups in total. The first kappa shape index (κ1) is 14.7. The Labute approximate surface area is 122 Å². The van der Waals surface area contributed by atoms with E-state index in [1.165, 1.54) is 19.3 Å². The van der Waals surface area contributed by atoms with Gasteiger partial charge in [0.2, 0.25) is 0 Å². The summed E-state index contributed by atoms with van der Waals surface area (Å²) in [5.74, 6) is 1.53. The molecular weight excluding hydrogens is 282 g/mol. The van der Waals surface area contributed by atoms with Crippen molar-refractivity contribution >= 4 is 29.1 Å². The molecule has 0 aliphatic heterocycles. The van der Waals surface area contributed by atoms with Crippen molar-refractivity contribution in [2.75, 3.05) is 17.3 Å². The van der Waals surface area contributed by atoms with E-state index in [0.717, 1.165) is 5.75 Å². The molecule has 1 atom stereocenters. The third-order valence-electron chi connectivity index (χ3n) is 3.46. The highest BCUT2D eigenvalue weighted by molar-refractivity contribution is 7.98. The van der Waals surface area contributed by atoms with E-state index in [-0.39, 0.29) is 11.6 Å². The number of halogens is 1. The van der Waals surface area contributed by atoms with E-state index < -0.39 is 0 Å². The third-order valence-corrected chi connectivity index (χ3v) is 4.58. The maximum atomic E-state index is 12.4. The number of hydrogen-bond acceptors (Lipinski definition) is 4. The maximum absolute atomic E-state index is 12.4. The molecular formula is C13H20ClN3OS. The van der Waals surface area contributed by atoms with Crippen LogP contribution in [0, 0.1) is 5.92 Å². The summed E-state index contributed by atoms with van der Waals surface area (Å²) < 4.78 is 1.55. The van der Waals surface area contributed by atoms with E-state index in [9.17, 15) is 4.79 Å². The van der Waals surface area contributed by atoms with Crippen LogP contribution >= 0.6 is 23.4 Å².